The van der Waals surface area contributed by atoms with Gasteiger partial charge in [0.1, 0.15) is 16.8 Å². The number of H-pyrrole nitrogens is 1. The number of nitrogens with zero attached hydrogens (tertiary/aromatic N) is 4. The van der Waals surface area contributed by atoms with Crippen LogP contribution in [-0.2, 0) is 6.42 Å². The molecular weight excluding hydrogens is 354 g/mol. The highest BCUT2D eigenvalue weighted by atomic mass is 16.5. The van der Waals surface area contributed by atoms with Crippen LogP contribution in [0.1, 0.15) is 37.9 Å². The molecule has 0 aliphatic rings. The lowest BCUT2D eigenvalue weighted by Crippen LogP contribution is -2.24. The third-order valence-electron chi connectivity index (χ3n) is 4.77. The van der Waals surface area contributed by atoms with Crippen molar-refractivity contribution in [1.82, 2.24) is 14.6 Å². The van der Waals surface area contributed by atoms with Gasteiger partial charge in [0.15, 0.2) is 5.65 Å². The summed E-state index contributed by atoms with van der Waals surface area (Å²) in [5.41, 5.74) is 3.56. The molecular formula is C21H27N5O2. The summed E-state index contributed by atoms with van der Waals surface area (Å²) in [5, 5.41) is 4.08. The number of anilines is 1. The number of aromatic nitrogens is 3. The first-order valence-corrected chi connectivity index (χ1v) is 9.35. The minimum Gasteiger partial charge on any atom is -0.494 e. The van der Waals surface area contributed by atoms with E-state index in [1.807, 2.05) is 58.0 Å². The zero-order valence-corrected chi connectivity index (χ0v) is 17.3. The number of rotatable bonds is 5. The van der Waals surface area contributed by atoms with Crippen LogP contribution in [0.5, 0.6) is 5.75 Å². The summed E-state index contributed by atoms with van der Waals surface area (Å²) in [4.78, 5) is 24.4. The number of fused-ring (bicyclic) bond motifs is 1. The molecule has 0 spiro atoms. The third-order valence-corrected chi connectivity index (χ3v) is 4.77. The van der Waals surface area contributed by atoms with Crippen molar-refractivity contribution in [3.05, 3.63) is 50.5 Å². The Morgan fingerprint density at radius 3 is 2.64 bits per heavy atom. The van der Waals surface area contributed by atoms with Crippen LogP contribution in [-0.4, -0.2) is 35.8 Å². The van der Waals surface area contributed by atoms with Crippen LogP contribution in [0.4, 0.5) is 11.4 Å². The Balaban J connectivity index is 2.34. The van der Waals surface area contributed by atoms with E-state index in [4.69, 9.17) is 14.7 Å². The first kappa shape index (κ1) is 19.7. The first-order valence-electron chi connectivity index (χ1n) is 9.35. The minimum atomic E-state index is -0.0996. The number of nitrogens with one attached hydrogen (secondary N) is 1. The Morgan fingerprint density at radius 2 is 2.07 bits per heavy atom. The fourth-order valence-corrected chi connectivity index (χ4v) is 3.24. The summed E-state index contributed by atoms with van der Waals surface area (Å²) >= 11 is 0. The van der Waals surface area contributed by atoms with Crippen LogP contribution in [0.3, 0.4) is 0 Å². The molecule has 0 unspecified atom stereocenters. The van der Waals surface area contributed by atoms with Crippen LogP contribution in [0.15, 0.2) is 28.0 Å². The molecule has 28 heavy (non-hydrogen) atoms. The number of hydrogen-bond acceptors (Lipinski definition) is 5. The van der Waals surface area contributed by atoms with Gasteiger partial charge in [-0.15, -0.1) is 0 Å². The number of benzene rings is 1. The predicted molar refractivity (Wildman–Crippen MR) is 113 cm³/mol. The maximum absolute atomic E-state index is 12.9. The number of ether oxygens (including phenoxy) is 1. The molecule has 3 aromatic rings. The monoisotopic (exact) mass is 381 g/mol. The lowest BCUT2D eigenvalue weighted by molar-refractivity contribution is 0.416. The summed E-state index contributed by atoms with van der Waals surface area (Å²) in [5.74, 6) is 0.777. The van der Waals surface area contributed by atoms with Gasteiger partial charge in [-0.2, -0.15) is 4.52 Å². The number of methoxy groups -OCH3 is 1. The lowest BCUT2D eigenvalue weighted by atomic mass is 10.0. The van der Waals surface area contributed by atoms with Crippen LogP contribution >= 0.6 is 0 Å². The van der Waals surface area contributed by atoms with Gasteiger partial charge in [-0.3, -0.25) is 9.89 Å². The quantitative estimate of drug-likeness (QED) is 0.735. The smallest absolute Gasteiger partial charge is 0.276 e. The van der Waals surface area contributed by atoms with Crippen molar-refractivity contribution in [2.24, 2.45) is 4.99 Å². The SMILES string of the molecule is C=c1[nH]n2c(=O)c(CC)c(C(C)C)nc2c1=Nc1ccc(N(C)C)cc1OC. The van der Waals surface area contributed by atoms with E-state index in [0.717, 1.165) is 11.4 Å². The van der Waals surface area contributed by atoms with Crippen molar-refractivity contribution in [2.45, 2.75) is 33.1 Å². The third kappa shape index (κ3) is 3.28. The van der Waals surface area contributed by atoms with Crippen molar-refractivity contribution >= 4 is 23.6 Å². The van der Waals surface area contributed by atoms with Gasteiger partial charge in [-0.25, -0.2) is 9.98 Å². The standard InChI is InChI=1S/C21H27N5O2/c1-8-15-18(12(2)3)23-20-19(13(4)24-26(20)21(15)27)22-16-10-9-14(25(5)6)11-17(16)28-7/h9-12,24H,4,8H2,1-3,5-7H3. The van der Waals surface area contributed by atoms with Crippen LogP contribution in [0.2, 0.25) is 0 Å². The van der Waals surface area contributed by atoms with Crippen LogP contribution in [0, 0.1) is 0 Å². The molecule has 0 radical (unpaired) electrons. The summed E-state index contributed by atoms with van der Waals surface area (Å²) in [7, 11) is 5.55. The van der Waals surface area contributed by atoms with E-state index in [-0.39, 0.29) is 11.5 Å². The van der Waals surface area contributed by atoms with Gasteiger partial charge >= 0.3 is 0 Å². The fraction of sp³-hybridized carbons (Fsp3) is 0.381. The Labute approximate surface area is 164 Å². The van der Waals surface area contributed by atoms with Crippen LogP contribution in [0.25, 0.3) is 12.2 Å². The highest BCUT2D eigenvalue weighted by molar-refractivity contribution is 5.62. The van der Waals surface area contributed by atoms with E-state index < -0.39 is 0 Å². The molecule has 0 fully saturated rings. The summed E-state index contributed by atoms with van der Waals surface area (Å²) in [6, 6.07) is 5.77. The molecule has 0 amide bonds. The maximum atomic E-state index is 12.9. The molecule has 0 saturated carbocycles. The van der Waals surface area contributed by atoms with Crippen molar-refractivity contribution in [1.29, 1.82) is 0 Å². The zero-order valence-electron chi connectivity index (χ0n) is 17.3. The molecule has 0 atom stereocenters. The van der Waals surface area contributed by atoms with Crippen LogP contribution < -0.4 is 25.9 Å². The van der Waals surface area contributed by atoms with Gasteiger partial charge in [0.05, 0.1) is 18.2 Å². The minimum absolute atomic E-state index is 0.0996. The zero-order chi connectivity index (χ0) is 20.6. The van der Waals surface area contributed by atoms with Crippen molar-refractivity contribution in [2.75, 3.05) is 26.1 Å². The van der Waals surface area contributed by atoms with E-state index in [9.17, 15) is 4.79 Å². The molecule has 7 heteroatoms. The summed E-state index contributed by atoms with van der Waals surface area (Å²) < 4.78 is 6.96. The largest absolute Gasteiger partial charge is 0.494 e. The second-order valence-electron chi connectivity index (χ2n) is 7.25. The molecule has 1 aromatic carbocycles. The maximum Gasteiger partial charge on any atom is 0.276 e. The topological polar surface area (TPSA) is 75.0 Å². The predicted octanol–water partition coefficient (Wildman–Crippen LogP) is 2.14. The highest BCUT2D eigenvalue weighted by Gasteiger charge is 2.16. The lowest BCUT2D eigenvalue weighted by Gasteiger charge is -2.14. The van der Waals surface area contributed by atoms with Gasteiger partial charge in [0.2, 0.25) is 0 Å². The van der Waals surface area contributed by atoms with Crippen molar-refractivity contribution in [3.63, 3.8) is 0 Å². The molecule has 0 bridgehead atoms. The molecule has 2 aromatic heterocycles. The van der Waals surface area contributed by atoms with E-state index in [2.05, 4.69) is 11.7 Å². The Hall–Kier alpha value is -3.09. The molecule has 0 aliphatic heterocycles. The number of hydrogen-bond donors (Lipinski definition) is 1. The Kier molecular flexibility index (Phi) is 5.27. The molecule has 0 saturated heterocycles. The van der Waals surface area contributed by atoms with Gasteiger partial charge in [0.25, 0.3) is 5.56 Å². The van der Waals surface area contributed by atoms with E-state index in [1.54, 1.807) is 7.11 Å². The second kappa shape index (κ2) is 7.50. The molecule has 7 nitrogen and oxygen atoms in total. The first-order chi connectivity index (χ1) is 13.3. The van der Waals surface area contributed by atoms with Gasteiger partial charge in [-0.1, -0.05) is 27.4 Å². The average Bonchev–Trinajstić information content (AvgIpc) is 2.97. The number of aromatic amines is 1. The molecule has 148 valence electrons. The highest BCUT2D eigenvalue weighted by Crippen LogP contribution is 2.31. The molecule has 0 aliphatic carbocycles. The fourth-order valence-electron chi connectivity index (χ4n) is 3.24. The molecule has 3 rings (SSSR count). The Morgan fingerprint density at radius 1 is 1.36 bits per heavy atom. The summed E-state index contributed by atoms with van der Waals surface area (Å²) in [6.07, 6.45) is 0.625. The summed E-state index contributed by atoms with van der Waals surface area (Å²) in [6.45, 7) is 10.1. The molecule has 1 N–H and O–H groups in total. The molecule has 2 heterocycles. The second-order valence-corrected chi connectivity index (χ2v) is 7.25. The van der Waals surface area contributed by atoms with E-state index in [0.29, 0.717) is 39.8 Å². The Bertz CT molecular complexity index is 1190. The van der Waals surface area contributed by atoms with Crippen molar-refractivity contribution < 1.29 is 4.74 Å². The van der Waals surface area contributed by atoms with Crippen molar-refractivity contribution in [3.8, 4) is 5.75 Å². The van der Waals surface area contributed by atoms with E-state index >= 15 is 0 Å². The van der Waals surface area contributed by atoms with Gasteiger partial charge < -0.3 is 9.64 Å². The van der Waals surface area contributed by atoms with Gasteiger partial charge in [0, 0.05) is 31.4 Å². The normalized spacial score (nSPS) is 12.2. The average molecular weight is 381 g/mol. The van der Waals surface area contributed by atoms with E-state index in [1.165, 1.54) is 4.52 Å². The van der Waals surface area contributed by atoms with Gasteiger partial charge in [-0.05, 0) is 24.5 Å².